The Morgan fingerprint density at radius 1 is 1.04 bits per heavy atom. The molecule has 0 aliphatic heterocycles. The zero-order valence-electron chi connectivity index (χ0n) is 17.7. The van der Waals surface area contributed by atoms with Crippen LogP contribution in [0.25, 0.3) is 0 Å². The van der Waals surface area contributed by atoms with E-state index in [4.69, 9.17) is 14.9 Å². The summed E-state index contributed by atoms with van der Waals surface area (Å²) >= 11 is 1.71. The zero-order chi connectivity index (χ0) is 20.1. The Hall–Kier alpha value is -1.14. The molecule has 2 aromatic rings. The van der Waals surface area contributed by atoms with Crippen LogP contribution in [0.3, 0.4) is 0 Å². The lowest BCUT2D eigenvalue weighted by atomic mass is 10.00. The second-order valence-corrected chi connectivity index (χ2v) is 14.6. The highest BCUT2D eigenvalue weighted by Gasteiger charge is 2.36. The molecule has 0 saturated heterocycles. The SMILES string of the molecule is CC(CCN)(Oc1ccc(CCO[Si](C)(C)C(C)(C)C)cc1)c1cccs1. The van der Waals surface area contributed by atoms with Crippen molar-refractivity contribution in [2.75, 3.05) is 13.2 Å². The third kappa shape index (κ3) is 5.91. The number of hydrogen-bond donors (Lipinski definition) is 1. The smallest absolute Gasteiger partial charge is 0.191 e. The van der Waals surface area contributed by atoms with Crippen LogP contribution in [0.5, 0.6) is 5.75 Å². The second-order valence-electron chi connectivity index (χ2n) is 8.85. The van der Waals surface area contributed by atoms with Crippen molar-refractivity contribution in [3.63, 3.8) is 0 Å². The Morgan fingerprint density at radius 2 is 1.70 bits per heavy atom. The largest absolute Gasteiger partial charge is 0.482 e. The van der Waals surface area contributed by atoms with Crippen molar-refractivity contribution in [2.45, 2.75) is 64.3 Å². The van der Waals surface area contributed by atoms with Gasteiger partial charge in [-0.25, -0.2) is 0 Å². The quantitative estimate of drug-likeness (QED) is 0.524. The van der Waals surface area contributed by atoms with Crippen LogP contribution in [0.4, 0.5) is 0 Å². The van der Waals surface area contributed by atoms with Gasteiger partial charge < -0.3 is 14.9 Å². The van der Waals surface area contributed by atoms with Crippen molar-refractivity contribution in [2.24, 2.45) is 5.73 Å². The maximum absolute atomic E-state index is 6.35. The molecule has 1 atom stereocenters. The van der Waals surface area contributed by atoms with E-state index in [2.05, 4.69) is 82.6 Å². The lowest BCUT2D eigenvalue weighted by molar-refractivity contribution is 0.0835. The summed E-state index contributed by atoms with van der Waals surface area (Å²) in [7, 11) is -1.68. The summed E-state index contributed by atoms with van der Waals surface area (Å²) in [5, 5.41) is 2.33. The third-order valence-corrected chi connectivity index (χ3v) is 11.2. The molecule has 3 nitrogen and oxygen atoms in total. The van der Waals surface area contributed by atoms with Crippen molar-refractivity contribution in [3.8, 4) is 5.75 Å². The average molecular weight is 406 g/mol. The molecule has 0 fully saturated rings. The fourth-order valence-corrected chi connectivity index (χ4v) is 4.60. The van der Waals surface area contributed by atoms with E-state index < -0.39 is 8.32 Å². The molecule has 1 heterocycles. The van der Waals surface area contributed by atoms with Gasteiger partial charge in [0.15, 0.2) is 8.32 Å². The summed E-state index contributed by atoms with van der Waals surface area (Å²) < 4.78 is 12.6. The van der Waals surface area contributed by atoms with Crippen molar-refractivity contribution >= 4 is 19.7 Å². The standard InChI is InChI=1S/C22H35NO2SSi/c1-21(2,3)27(5,6)24-16-13-18-9-11-19(12-10-18)25-22(4,14-15-23)20-8-7-17-26-20/h7-12,17H,13-16,23H2,1-6H3. The lowest BCUT2D eigenvalue weighted by Crippen LogP contribution is -2.41. The Labute approximate surface area is 170 Å². The molecule has 1 aromatic carbocycles. The van der Waals surface area contributed by atoms with Gasteiger partial charge in [-0.05, 0) is 67.2 Å². The van der Waals surface area contributed by atoms with Gasteiger partial charge in [-0.2, -0.15) is 0 Å². The average Bonchev–Trinajstić information content (AvgIpc) is 3.11. The first kappa shape index (κ1) is 22.1. The molecular weight excluding hydrogens is 370 g/mol. The minimum absolute atomic E-state index is 0.250. The minimum atomic E-state index is -1.68. The molecule has 0 bridgehead atoms. The molecule has 2 N–H and O–H groups in total. The van der Waals surface area contributed by atoms with E-state index >= 15 is 0 Å². The van der Waals surface area contributed by atoms with Gasteiger partial charge in [0.05, 0.1) is 0 Å². The highest BCUT2D eigenvalue weighted by Crippen LogP contribution is 2.37. The summed E-state index contributed by atoms with van der Waals surface area (Å²) in [5.41, 5.74) is 6.73. The number of rotatable bonds is 9. The normalized spacial score (nSPS) is 14.8. The molecule has 0 amide bonds. The van der Waals surface area contributed by atoms with Gasteiger partial charge in [-0.3, -0.25) is 0 Å². The lowest BCUT2D eigenvalue weighted by Gasteiger charge is -2.36. The van der Waals surface area contributed by atoms with E-state index in [1.165, 1.54) is 10.4 Å². The van der Waals surface area contributed by atoms with Crippen molar-refractivity contribution in [3.05, 3.63) is 52.2 Å². The fourth-order valence-electron chi connectivity index (χ4n) is 2.70. The summed E-state index contributed by atoms with van der Waals surface area (Å²) in [6, 6.07) is 12.6. The summed E-state index contributed by atoms with van der Waals surface area (Å²) in [5.74, 6) is 0.883. The topological polar surface area (TPSA) is 44.5 Å². The molecule has 1 aromatic heterocycles. The summed E-state index contributed by atoms with van der Waals surface area (Å²) in [4.78, 5) is 1.21. The highest BCUT2D eigenvalue weighted by atomic mass is 32.1. The van der Waals surface area contributed by atoms with E-state index in [9.17, 15) is 0 Å². The molecule has 0 spiro atoms. The van der Waals surface area contributed by atoms with Gasteiger partial charge in [-0.15, -0.1) is 11.3 Å². The maximum atomic E-state index is 6.35. The molecule has 150 valence electrons. The predicted molar refractivity (Wildman–Crippen MR) is 119 cm³/mol. The highest BCUT2D eigenvalue weighted by molar-refractivity contribution is 7.10. The monoisotopic (exact) mass is 405 g/mol. The fraction of sp³-hybridized carbons (Fsp3) is 0.545. The van der Waals surface area contributed by atoms with Crippen molar-refractivity contribution in [1.82, 2.24) is 0 Å². The van der Waals surface area contributed by atoms with Crippen LogP contribution >= 0.6 is 11.3 Å². The molecule has 0 aliphatic carbocycles. The molecule has 5 heteroatoms. The Kier molecular flexibility index (Phi) is 7.31. The molecule has 0 aliphatic rings. The molecule has 2 rings (SSSR count). The molecular formula is C22H35NO2SSi. The first-order valence-corrected chi connectivity index (χ1v) is 13.5. The number of hydrogen-bond acceptors (Lipinski definition) is 4. The molecule has 0 saturated carbocycles. The van der Waals surface area contributed by atoms with Gasteiger partial charge in [0.2, 0.25) is 0 Å². The zero-order valence-corrected chi connectivity index (χ0v) is 19.5. The van der Waals surface area contributed by atoms with Gasteiger partial charge in [0.25, 0.3) is 0 Å². The Balaban J connectivity index is 1.97. The van der Waals surface area contributed by atoms with Gasteiger partial charge in [0, 0.05) is 17.9 Å². The number of ether oxygens (including phenoxy) is 1. The van der Waals surface area contributed by atoms with E-state index in [-0.39, 0.29) is 10.6 Å². The second kappa shape index (κ2) is 8.91. The van der Waals surface area contributed by atoms with E-state index in [1.54, 1.807) is 11.3 Å². The van der Waals surface area contributed by atoms with Crippen LogP contribution < -0.4 is 10.5 Å². The number of thiophene rings is 1. The summed E-state index contributed by atoms with van der Waals surface area (Å²) in [6.07, 6.45) is 1.72. The maximum Gasteiger partial charge on any atom is 0.191 e. The van der Waals surface area contributed by atoms with Crippen LogP contribution in [-0.2, 0) is 16.4 Å². The van der Waals surface area contributed by atoms with Crippen molar-refractivity contribution < 1.29 is 9.16 Å². The van der Waals surface area contributed by atoms with Gasteiger partial charge >= 0.3 is 0 Å². The number of benzene rings is 1. The van der Waals surface area contributed by atoms with Gasteiger partial charge in [0.1, 0.15) is 11.4 Å². The van der Waals surface area contributed by atoms with Crippen molar-refractivity contribution in [1.29, 1.82) is 0 Å². The van der Waals surface area contributed by atoms with E-state index in [0.29, 0.717) is 6.54 Å². The van der Waals surface area contributed by atoms with E-state index in [0.717, 1.165) is 25.2 Å². The minimum Gasteiger partial charge on any atom is -0.482 e. The van der Waals surface area contributed by atoms with Crippen LogP contribution in [0.1, 0.15) is 44.6 Å². The van der Waals surface area contributed by atoms with Crippen LogP contribution in [0.2, 0.25) is 18.1 Å². The molecule has 27 heavy (non-hydrogen) atoms. The van der Waals surface area contributed by atoms with Crippen LogP contribution in [0.15, 0.2) is 41.8 Å². The van der Waals surface area contributed by atoms with E-state index in [1.807, 2.05) is 0 Å². The summed E-state index contributed by atoms with van der Waals surface area (Å²) in [6.45, 7) is 14.9. The van der Waals surface area contributed by atoms with Crippen LogP contribution in [0, 0.1) is 0 Å². The van der Waals surface area contributed by atoms with Gasteiger partial charge in [-0.1, -0.05) is 39.0 Å². The van der Waals surface area contributed by atoms with Crippen LogP contribution in [-0.4, -0.2) is 21.5 Å². The molecule has 0 radical (unpaired) electrons. The predicted octanol–water partition coefficient (Wildman–Crippen LogP) is 5.96. The molecule has 1 unspecified atom stereocenters. The first-order valence-electron chi connectivity index (χ1n) is 9.73. The number of nitrogens with two attached hydrogens (primary N) is 1. The third-order valence-electron chi connectivity index (χ3n) is 5.59. The first-order chi connectivity index (χ1) is 12.6. The Morgan fingerprint density at radius 3 is 2.22 bits per heavy atom. The Bertz CT molecular complexity index is 692.